The Morgan fingerprint density at radius 3 is 2.18 bits per heavy atom. The molecule has 1 aliphatic rings. The molecule has 1 heterocycles. The zero-order chi connectivity index (χ0) is 19.2. The van der Waals surface area contributed by atoms with Crippen LogP contribution in [0.25, 0.3) is 0 Å². The summed E-state index contributed by atoms with van der Waals surface area (Å²) in [4.78, 5) is 15.2. The molecule has 1 saturated heterocycles. The van der Waals surface area contributed by atoms with E-state index in [9.17, 15) is 4.79 Å². The van der Waals surface area contributed by atoms with Crippen LogP contribution in [0.5, 0.6) is 0 Å². The van der Waals surface area contributed by atoms with Crippen LogP contribution in [0, 0.1) is 0 Å². The van der Waals surface area contributed by atoms with Gasteiger partial charge in [0.15, 0.2) is 6.10 Å². The largest absolute Gasteiger partial charge is 0.375 e. The summed E-state index contributed by atoms with van der Waals surface area (Å²) in [7, 11) is 0. The highest BCUT2D eigenvalue weighted by molar-refractivity contribution is 5.83. The number of morpholine rings is 1. The highest BCUT2D eigenvalue weighted by atomic mass is 16.5. The van der Waals surface area contributed by atoms with Gasteiger partial charge in [0.05, 0.1) is 12.6 Å². The number of hydrogen-bond acceptors (Lipinski definition) is 3. The molecule has 0 radical (unpaired) electrons. The highest BCUT2D eigenvalue weighted by Crippen LogP contribution is 2.28. The van der Waals surface area contributed by atoms with E-state index in [4.69, 9.17) is 4.74 Å². The van der Waals surface area contributed by atoms with Gasteiger partial charge in [0.25, 0.3) is 5.91 Å². The Morgan fingerprint density at radius 2 is 1.50 bits per heavy atom. The topological polar surface area (TPSA) is 41.6 Å². The first-order valence-corrected chi connectivity index (χ1v) is 9.62. The third kappa shape index (κ3) is 4.24. The van der Waals surface area contributed by atoms with Gasteiger partial charge in [-0.05, 0) is 23.3 Å². The summed E-state index contributed by atoms with van der Waals surface area (Å²) < 4.78 is 5.99. The molecule has 0 bridgehead atoms. The molecule has 142 valence electrons. The van der Waals surface area contributed by atoms with Crippen LogP contribution in [0.3, 0.4) is 0 Å². The van der Waals surface area contributed by atoms with Crippen LogP contribution in [-0.2, 0) is 16.1 Å². The maximum absolute atomic E-state index is 13.3. The van der Waals surface area contributed by atoms with Gasteiger partial charge in [0.1, 0.15) is 0 Å². The van der Waals surface area contributed by atoms with Crippen molar-refractivity contribution in [3.63, 3.8) is 0 Å². The van der Waals surface area contributed by atoms with Gasteiger partial charge in [-0.3, -0.25) is 4.79 Å². The summed E-state index contributed by atoms with van der Waals surface area (Å²) in [5.41, 5.74) is 3.13. The first-order valence-electron chi connectivity index (χ1n) is 9.62. The smallest absolute Gasteiger partial charge is 0.254 e. The first kappa shape index (κ1) is 18.3. The second kappa shape index (κ2) is 8.72. The van der Waals surface area contributed by atoms with Crippen LogP contribution in [0.4, 0.5) is 5.69 Å². The fourth-order valence-electron chi connectivity index (χ4n) is 3.56. The number of carbonyl (C=O) groups excluding carboxylic acids is 1. The second-order valence-corrected chi connectivity index (χ2v) is 6.94. The molecule has 1 aliphatic heterocycles. The number of hydrogen-bond donors (Lipinski definition) is 1. The van der Waals surface area contributed by atoms with Crippen molar-refractivity contribution in [2.24, 2.45) is 0 Å². The molecular formula is C24H24N2O2. The Hall–Kier alpha value is -3.11. The normalized spacial score (nSPS) is 17.9. The molecule has 3 aromatic carbocycles. The Kier molecular flexibility index (Phi) is 5.69. The predicted octanol–water partition coefficient (Wildman–Crippen LogP) is 4.27. The first-order chi connectivity index (χ1) is 13.8. The van der Waals surface area contributed by atoms with Crippen molar-refractivity contribution < 1.29 is 9.53 Å². The zero-order valence-corrected chi connectivity index (χ0v) is 15.7. The standard InChI is InChI=1S/C24H24N2O2/c27-24-23(28-17-16-26(24)18-19-10-4-1-5-11-19)22(20-12-6-2-7-13-20)25-21-14-8-3-9-15-21/h1-15,22-23,25H,16-18H2. The lowest BCUT2D eigenvalue weighted by Crippen LogP contribution is -2.50. The van der Waals surface area contributed by atoms with Crippen LogP contribution in [0.15, 0.2) is 91.0 Å². The molecule has 1 fully saturated rings. The van der Waals surface area contributed by atoms with Crippen molar-refractivity contribution in [2.75, 3.05) is 18.5 Å². The molecule has 0 aromatic heterocycles. The molecule has 1 amide bonds. The lowest BCUT2D eigenvalue weighted by Gasteiger charge is -2.37. The third-order valence-electron chi connectivity index (χ3n) is 4.99. The van der Waals surface area contributed by atoms with E-state index in [0.717, 1.165) is 16.8 Å². The number of ether oxygens (including phenoxy) is 1. The molecule has 3 aromatic rings. The van der Waals surface area contributed by atoms with Crippen molar-refractivity contribution in [1.29, 1.82) is 0 Å². The molecule has 2 unspecified atom stereocenters. The van der Waals surface area contributed by atoms with Gasteiger partial charge in [-0.1, -0.05) is 78.9 Å². The Bertz CT molecular complexity index is 884. The summed E-state index contributed by atoms with van der Waals surface area (Å²) in [6.07, 6.45) is -0.569. The number of nitrogens with one attached hydrogen (secondary N) is 1. The van der Waals surface area contributed by atoms with E-state index in [1.54, 1.807) is 0 Å². The Morgan fingerprint density at radius 1 is 0.893 bits per heavy atom. The molecule has 0 spiro atoms. The number of para-hydroxylation sites is 1. The van der Waals surface area contributed by atoms with Crippen molar-refractivity contribution in [3.8, 4) is 0 Å². The maximum atomic E-state index is 13.3. The van der Waals surface area contributed by atoms with E-state index >= 15 is 0 Å². The van der Waals surface area contributed by atoms with Gasteiger partial charge < -0.3 is 15.0 Å². The van der Waals surface area contributed by atoms with Crippen molar-refractivity contribution >= 4 is 11.6 Å². The van der Waals surface area contributed by atoms with Gasteiger partial charge >= 0.3 is 0 Å². The minimum absolute atomic E-state index is 0.0207. The fraction of sp³-hybridized carbons (Fsp3) is 0.208. The average molecular weight is 372 g/mol. The van der Waals surface area contributed by atoms with Gasteiger partial charge in [-0.2, -0.15) is 0 Å². The molecule has 0 saturated carbocycles. The number of carbonyl (C=O) groups is 1. The summed E-state index contributed by atoms with van der Waals surface area (Å²) in [6, 6.07) is 29.8. The van der Waals surface area contributed by atoms with E-state index in [1.165, 1.54) is 0 Å². The van der Waals surface area contributed by atoms with Crippen molar-refractivity contribution in [1.82, 2.24) is 4.90 Å². The highest BCUT2D eigenvalue weighted by Gasteiger charge is 2.36. The lowest BCUT2D eigenvalue weighted by molar-refractivity contribution is -0.155. The average Bonchev–Trinajstić information content (AvgIpc) is 2.76. The van der Waals surface area contributed by atoms with E-state index in [1.807, 2.05) is 83.8 Å². The minimum atomic E-state index is -0.569. The van der Waals surface area contributed by atoms with Crippen LogP contribution in [0.2, 0.25) is 0 Å². The SMILES string of the molecule is O=C1C(C(Nc2ccccc2)c2ccccc2)OCCN1Cc1ccccc1. The number of benzene rings is 3. The Labute approximate surface area is 165 Å². The molecule has 2 atom stereocenters. The number of nitrogens with zero attached hydrogens (tertiary/aromatic N) is 1. The molecule has 28 heavy (non-hydrogen) atoms. The fourth-order valence-corrected chi connectivity index (χ4v) is 3.56. The molecule has 4 nitrogen and oxygen atoms in total. The predicted molar refractivity (Wildman–Crippen MR) is 111 cm³/mol. The van der Waals surface area contributed by atoms with Crippen LogP contribution < -0.4 is 5.32 Å². The van der Waals surface area contributed by atoms with Crippen molar-refractivity contribution in [3.05, 3.63) is 102 Å². The van der Waals surface area contributed by atoms with Crippen LogP contribution in [-0.4, -0.2) is 30.1 Å². The summed E-state index contributed by atoms with van der Waals surface area (Å²) >= 11 is 0. The Balaban J connectivity index is 1.58. The quantitative estimate of drug-likeness (QED) is 0.703. The molecular weight excluding hydrogens is 348 g/mol. The zero-order valence-electron chi connectivity index (χ0n) is 15.7. The number of rotatable bonds is 6. The third-order valence-corrected chi connectivity index (χ3v) is 4.99. The molecule has 0 aliphatic carbocycles. The molecule has 1 N–H and O–H groups in total. The van der Waals surface area contributed by atoms with Crippen molar-refractivity contribution in [2.45, 2.75) is 18.7 Å². The number of amides is 1. The van der Waals surface area contributed by atoms with Gasteiger partial charge in [0.2, 0.25) is 0 Å². The maximum Gasteiger partial charge on any atom is 0.254 e. The van der Waals surface area contributed by atoms with E-state index in [0.29, 0.717) is 19.7 Å². The van der Waals surface area contributed by atoms with Gasteiger partial charge in [-0.15, -0.1) is 0 Å². The molecule has 4 rings (SSSR count). The van der Waals surface area contributed by atoms with Crippen LogP contribution >= 0.6 is 0 Å². The summed E-state index contributed by atoms with van der Waals surface area (Å²) in [5, 5.41) is 3.51. The summed E-state index contributed by atoms with van der Waals surface area (Å²) in [6.45, 7) is 1.74. The second-order valence-electron chi connectivity index (χ2n) is 6.94. The number of anilines is 1. The monoisotopic (exact) mass is 372 g/mol. The van der Waals surface area contributed by atoms with E-state index < -0.39 is 6.10 Å². The van der Waals surface area contributed by atoms with E-state index in [2.05, 4.69) is 17.4 Å². The van der Waals surface area contributed by atoms with Gasteiger partial charge in [0, 0.05) is 18.8 Å². The summed E-state index contributed by atoms with van der Waals surface area (Å²) in [5.74, 6) is 0.0207. The van der Waals surface area contributed by atoms with E-state index in [-0.39, 0.29) is 11.9 Å². The van der Waals surface area contributed by atoms with Gasteiger partial charge in [-0.25, -0.2) is 0 Å². The van der Waals surface area contributed by atoms with Crippen LogP contribution in [0.1, 0.15) is 17.2 Å². The minimum Gasteiger partial charge on any atom is -0.375 e. The molecule has 4 heteroatoms. The lowest BCUT2D eigenvalue weighted by atomic mass is 9.98.